The Morgan fingerprint density at radius 2 is 0.860 bits per heavy atom. The molecule has 0 bridgehead atoms. The van der Waals surface area contributed by atoms with Crippen LogP contribution in [0.25, 0.3) is 0 Å². The third-order valence-electron chi connectivity index (χ3n) is 8.45. The highest BCUT2D eigenvalue weighted by molar-refractivity contribution is 5.69. The van der Waals surface area contributed by atoms with Gasteiger partial charge < -0.3 is 25.7 Å². The maximum absolute atomic E-state index is 13.8. The van der Waals surface area contributed by atoms with Crippen LogP contribution in [0.1, 0.15) is 33.4 Å². The molecule has 0 unspecified atom stereocenters. The van der Waals surface area contributed by atoms with Gasteiger partial charge in [-0.15, -0.1) is 0 Å². The Bertz CT molecular complexity index is 2040. The van der Waals surface area contributed by atoms with E-state index in [2.05, 4.69) is 0 Å². The second kappa shape index (κ2) is 12.1. The van der Waals surface area contributed by atoms with Gasteiger partial charge in [0, 0.05) is 22.5 Å². The van der Waals surface area contributed by atoms with Crippen LogP contribution in [0.3, 0.4) is 0 Å². The molecule has 4 N–H and O–H groups in total. The number of halogens is 6. The van der Waals surface area contributed by atoms with E-state index < -0.39 is 40.4 Å². The molecule has 7 rings (SSSR count). The number of hydrogen-bond donors (Lipinski definition) is 2. The van der Waals surface area contributed by atoms with Gasteiger partial charge in [0.05, 0.1) is 5.41 Å². The van der Waals surface area contributed by atoms with Gasteiger partial charge in [-0.1, -0.05) is 60.7 Å². The molecule has 0 amide bonds. The summed E-state index contributed by atoms with van der Waals surface area (Å²) < 4.78 is 100. The summed E-state index contributed by atoms with van der Waals surface area (Å²) in [6.45, 7) is 0. The van der Waals surface area contributed by atoms with Crippen molar-refractivity contribution in [2.24, 2.45) is 0 Å². The molecule has 0 saturated carbocycles. The molecule has 0 aliphatic carbocycles. The summed E-state index contributed by atoms with van der Waals surface area (Å²) in [5.74, 6) is 0.643. The van der Waals surface area contributed by atoms with E-state index >= 15 is 0 Å². The highest BCUT2D eigenvalue weighted by Crippen LogP contribution is 2.55. The van der Waals surface area contributed by atoms with E-state index in [1.807, 2.05) is 48.5 Å². The lowest BCUT2D eigenvalue weighted by Gasteiger charge is -2.41. The number of ether oxygens (including phenoxy) is 3. The lowest BCUT2D eigenvalue weighted by Crippen LogP contribution is -2.34. The van der Waals surface area contributed by atoms with Gasteiger partial charge in [0.1, 0.15) is 45.6 Å². The first-order chi connectivity index (χ1) is 23.8. The summed E-state index contributed by atoms with van der Waals surface area (Å²) in [6, 6.07) is 34.8. The summed E-state index contributed by atoms with van der Waals surface area (Å²) in [5, 5.41) is 0. The summed E-state index contributed by atoms with van der Waals surface area (Å²) in [6.07, 6.45) is -9.38. The molecular formula is C39H26F6N2O3. The highest BCUT2D eigenvalue weighted by Gasteiger charge is 2.45. The fourth-order valence-electron chi connectivity index (χ4n) is 6.30. The molecule has 5 nitrogen and oxygen atoms in total. The van der Waals surface area contributed by atoms with Crippen LogP contribution >= 0.6 is 0 Å². The molecule has 6 aromatic rings. The predicted molar refractivity (Wildman–Crippen MR) is 177 cm³/mol. The Morgan fingerprint density at radius 3 is 1.24 bits per heavy atom. The summed E-state index contributed by atoms with van der Waals surface area (Å²) >= 11 is 0. The third kappa shape index (κ3) is 5.80. The number of benzene rings is 6. The normalized spacial score (nSPS) is 13.5. The fourth-order valence-corrected chi connectivity index (χ4v) is 6.30. The van der Waals surface area contributed by atoms with Crippen LogP contribution in [0, 0.1) is 0 Å². The molecule has 6 aromatic carbocycles. The Morgan fingerprint density at radius 1 is 0.480 bits per heavy atom. The van der Waals surface area contributed by atoms with Gasteiger partial charge in [0.15, 0.2) is 0 Å². The number of alkyl halides is 6. The molecule has 11 heteroatoms. The second-order valence-electron chi connectivity index (χ2n) is 11.6. The first kappa shape index (κ1) is 32.4. The van der Waals surface area contributed by atoms with Crippen LogP contribution in [0.2, 0.25) is 0 Å². The van der Waals surface area contributed by atoms with Crippen molar-refractivity contribution < 1.29 is 40.6 Å². The molecule has 0 atom stereocenters. The van der Waals surface area contributed by atoms with Crippen molar-refractivity contribution in [2.45, 2.75) is 17.8 Å². The molecule has 0 saturated heterocycles. The molecule has 0 radical (unpaired) electrons. The van der Waals surface area contributed by atoms with Gasteiger partial charge >= 0.3 is 12.4 Å². The van der Waals surface area contributed by atoms with Crippen LogP contribution in [0.4, 0.5) is 37.7 Å². The smallest absolute Gasteiger partial charge is 0.420 e. The molecule has 0 aromatic heterocycles. The quantitative estimate of drug-likeness (QED) is 0.135. The van der Waals surface area contributed by atoms with Crippen molar-refractivity contribution in [1.82, 2.24) is 0 Å². The minimum absolute atomic E-state index is 0.0514. The van der Waals surface area contributed by atoms with Gasteiger partial charge in [0.25, 0.3) is 0 Å². The highest BCUT2D eigenvalue weighted by atomic mass is 19.4. The number of hydrogen-bond acceptors (Lipinski definition) is 5. The molecule has 50 heavy (non-hydrogen) atoms. The Balaban J connectivity index is 1.34. The maximum atomic E-state index is 13.8. The van der Waals surface area contributed by atoms with Crippen LogP contribution in [0.15, 0.2) is 133 Å². The Labute approximate surface area is 282 Å². The SMILES string of the molecule is Nc1ccc(Oc2ccc(C3(c4ccc(Oc5ccc(N)cc5C(F)(F)F)cc4)c4ccccc4Oc4ccccc43)cc2)c(C(F)(F)F)c1. The van der Waals surface area contributed by atoms with Crippen molar-refractivity contribution in [3.8, 4) is 34.5 Å². The molecule has 0 spiro atoms. The van der Waals surface area contributed by atoms with Gasteiger partial charge in [-0.3, -0.25) is 0 Å². The van der Waals surface area contributed by atoms with Gasteiger partial charge in [-0.25, -0.2) is 0 Å². The van der Waals surface area contributed by atoms with Crippen molar-refractivity contribution >= 4 is 11.4 Å². The van der Waals surface area contributed by atoms with E-state index in [4.69, 9.17) is 25.7 Å². The molecule has 1 aliphatic heterocycles. The van der Waals surface area contributed by atoms with Crippen molar-refractivity contribution in [3.05, 3.63) is 167 Å². The van der Waals surface area contributed by atoms with E-state index in [0.717, 1.165) is 23.3 Å². The lowest BCUT2D eigenvalue weighted by atomic mass is 9.63. The topological polar surface area (TPSA) is 79.7 Å². The van der Waals surface area contributed by atoms with Crippen LogP contribution < -0.4 is 25.7 Å². The van der Waals surface area contributed by atoms with E-state index in [1.54, 1.807) is 48.5 Å². The van der Waals surface area contributed by atoms with Crippen LogP contribution in [0.5, 0.6) is 34.5 Å². The zero-order chi connectivity index (χ0) is 35.3. The van der Waals surface area contributed by atoms with Crippen molar-refractivity contribution in [2.75, 3.05) is 11.5 Å². The maximum Gasteiger partial charge on any atom is 0.420 e. The van der Waals surface area contributed by atoms with Crippen molar-refractivity contribution in [1.29, 1.82) is 0 Å². The number of fused-ring (bicyclic) bond motifs is 2. The van der Waals surface area contributed by atoms with E-state index in [9.17, 15) is 26.3 Å². The van der Waals surface area contributed by atoms with Crippen molar-refractivity contribution in [3.63, 3.8) is 0 Å². The van der Waals surface area contributed by atoms with Crippen LogP contribution in [-0.2, 0) is 17.8 Å². The molecule has 252 valence electrons. The minimum Gasteiger partial charge on any atom is -0.457 e. The standard InChI is InChI=1S/C39H26F6N2O3/c40-38(41,42)31-21-25(46)13-19-35(31)48-27-15-9-23(10-16-27)37(29-5-1-3-7-33(29)50-34-8-4-2-6-30(34)37)24-11-17-28(18-12-24)49-36-20-14-26(47)22-32(36)39(43,44)45/h1-22H,46-47H2. The Hall–Kier alpha value is -6.10. The van der Waals surface area contributed by atoms with E-state index in [1.165, 1.54) is 24.3 Å². The van der Waals surface area contributed by atoms with Crippen LogP contribution in [-0.4, -0.2) is 0 Å². The first-order valence-corrected chi connectivity index (χ1v) is 15.2. The number of para-hydroxylation sites is 2. The predicted octanol–water partition coefficient (Wildman–Crippen LogP) is 11.0. The Kier molecular flexibility index (Phi) is 7.85. The summed E-state index contributed by atoms with van der Waals surface area (Å²) in [7, 11) is 0. The molecular weight excluding hydrogens is 658 g/mol. The molecule has 0 fully saturated rings. The largest absolute Gasteiger partial charge is 0.457 e. The molecule has 1 heterocycles. The summed E-state index contributed by atoms with van der Waals surface area (Å²) in [5.41, 5.74) is 11.0. The monoisotopic (exact) mass is 684 g/mol. The number of nitrogen functional groups attached to an aromatic ring is 2. The van der Waals surface area contributed by atoms with E-state index in [-0.39, 0.29) is 22.9 Å². The van der Waals surface area contributed by atoms with E-state index in [0.29, 0.717) is 22.6 Å². The van der Waals surface area contributed by atoms with Gasteiger partial charge in [-0.05, 0) is 83.9 Å². The van der Waals surface area contributed by atoms with Gasteiger partial charge in [-0.2, -0.15) is 26.3 Å². The van der Waals surface area contributed by atoms with Gasteiger partial charge in [0.2, 0.25) is 0 Å². The number of anilines is 2. The number of nitrogens with two attached hydrogens (primary N) is 2. The first-order valence-electron chi connectivity index (χ1n) is 15.2. The zero-order valence-electron chi connectivity index (χ0n) is 25.8. The third-order valence-corrected chi connectivity index (χ3v) is 8.45. The molecule has 1 aliphatic rings. The minimum atomic E-state index is -4.69. The lowest BCUT2D eigenvalue weighted by molar-refractivity contribution is -0.139. The number of rotatable bonds is 6. The zero-order valence-corrected chi connectivity index (χ0v) is 25.8. The second-order valence-corrected chi connectivity index (χ2v) is 11.6. The average molecular weight is 685 g/mol. The fraction of sp³-hybridized carbons (Fsp3) is 0.0769. The summed E-state index contributed by atoms with van der Waals surface area (Å²) in [4.78, 5) is 0. The average Bonchev–Trinajstić information content (AvgIpc) is 3.09.